The van der Waals surface area contributed by atoms with E-state index in [4.69, 9.17) is 5.11 Å². The molecule has 26 heavy (non-hydrogen) atoms. The fourth-order valence-electron chi connectivity index (χ4n) is 6.93. The molecule has 0 amide bonds. The molecule has 0 aromatic rings. The first-order valence-electron chi connectivity index (χ1n) is 10.7. The van der Waals surface area contributed by atoms with Crippen molar-refractivity contribution in [2.24, 2.45) is 28.6 Å². The van der Waals surface area contributed by atoms with Crippen molar-refractivity contribution in [1.29, 1.82) is 0 Å². The van der Waals surface area contributed by atoms with Crippen LogP contribution in [0.3, 0.4) is 0 Å². The fraction of sp³-hybridized carbons (Fsp3) is 0.708. The number of rotatable bonds is 4. The van der Waals surface area contributed by atoms with Crippen LogP contribution in [-0.4, -0.2) is 11.1 Å². The van der Waals surface area contributed by atoms with Gasteiger partial charge in [0.2, 0.25) is 0 Å². The predicted octanol–water partition coefficient (Wildman–Crippen LogP) is 6.30. The van der Waals surface area contributed by atoms with Crippen LogP contribution in [0.15, 0.2) is 34.9 Å². The molecule has 0 saturated heterocycles. The number of allylic oxidation sites excluding steroid dienone is 6. The number of aliphatic carboxylic acids is 1. The smallest absolute Gasteiger partial charge is 0.303 e. The van der Waals surface area contributed by atoms with Gasteiger partial charge in [0.1, 0.15) is 0 Å². The van der Waals surface area contributed by atoms with Crippen LogP contribution in [0, 0.1) is 28.6 Å². The summed E-state index contributed by atoms with van der Waals surface area (Å²) in [5.41, 5.74) is 5.58. The number of carbonyl (C=O) groups is 1. The van der Waals surface area contributed by atoms with E-state index in [1.807, 2.05) is 0 Å². The second-order valence-corrected chi connectivity index (χ2v) is 9.79. The minimum atomic E-state index is -0.651. The highest BCUT2D eigenvalue weighted by atomic mass is 16.4. The van der Waals surface area contributed by atoms with Crippen molar-refractivity contribution in [2.45, 2.75) is 78.6 Å². The van der Waals surface area contributed by atoms with Crippen molar-refractivity contribution in [3.63, 3.8) is 0 Å². The van der Waals surface area contributed by atoms with E-state index >= 15 is 0 Å². The molecule has 1 N–H and O–H groups in total. The lowest BCUT2D eigenvalue weighted by atomic mass is 9.54. The van der Waals surface area contributed by atoms with Crippen LogP contribution in [0.5, 0.6) is 0 Å². The highest BCUT2D eigenvalue weighted by Crippen LogP contribution is 2.64. The average molecular weight is 355 g/mol. The van der Waals surface area contributed by atoms with Crippen LogP contribution in [0.25, 0.3) is 0 Å². The number of carboxylic acids is 1. The molecule has 5 atom stereocenters. The van der Waals surface area contributed by atoms with Gasteiger partial charge in [-0.25, -0.2) is 0 Å². The van der Waals surface area contributed by atoms with Gasteiger partial charge in [-0.05, 0) is 85.7 Å². The fourth-order valence-corrected chi connectivity index (χ4v) is 6.93. The monoisotopic (exact) mass is 354 g/mol. The highest BCUT2D eigenvalue weighted by molar-refractivity contribution is 5.66. The zero-order chi connectivity index (χ0) is 18.5. The van der Waals surface area contributed by atoms with Gasteiger partial charge in [-0.15, -0.1) is 0 Å². The van der Waals surface area contributed by atoms with E-state index in [1.54, 1.807) is 16.7 Å². The van der Waals surface area contributed by atoms with Crippen molar-refractivity contribution in [2.75, 3.05) is 0 Å². The third-order valence-electron chi connectivity index (χ3n) is 8.46. The molecule has 2 heteroatoms. The van der Waals surface area contributed by atoms with Crippen molar-refractivity contribution in [3.05, 3.63) is 34.9 Å². The Morgan fingerprint density at radius 1 is 1.27 bits per heavy atom. The third-order valence-corrected chi connectivity index (χ3v) is 8.46. The number of fused-ring (bicyclic) bond motifs is 5. The molecule has 1 fully saturated rings. The van der Waals surface area contributed by atoms with E-state index in [0.717, 1.165) is 12.8 Å². The van der Waals surface area contributed by atoms with Gasteiger partial charge < -0.3 is 5.11 Å². The molecule has 0 aromatic carbocycles. The SMILES string of the molecule is C[C@H](CCC(=O)O)[C@H]1CC[C@H]2C3=CCC4=CCCC[C@]4(C)C3=CC[C@]12C. The van der Waals surface area contributed by atoms with Gasteiger partial charge in [0.15, 0.2) is 0 Å². The first kappa shape index (κ1) is 18.1. The van der Waals surface area contributed by atoms with Crippen LogP contribution >= 0.6 is 0 Å². The first-order valence-corrected chi connectivity index (χ1v) is 10.7. The molecule has 0 aromatic heterocycles. The van der Waals surface area contributed by atoms with Gasteiger partial charge in [-0.3, -0.25) is 4.79 Å². The Labute approximate surface area is 158 Å². The van der Waals surface area contributed by atoms with Gasteiger partial charge in [0.05, 0.1) is 0 Å². The maximum absolute atomic E-state index is 11.0. The molecule has 4 rings (SSSR count). The van der Waals surface area contributed by atoms with Crippen molar-refractivity contribution in [1.82, 2.24) is 0 Å². The molecule has 0 spiro atoms. The Balaban J connectivity index is 1.62. The second kappa shape index (κ2) is 6.39. The third kappa shape index (κ3) is 2.63. The highest BCUT2D eigenvalue weighted by Gasteiger charge is 2.53. The molecule has 0 unspecified atom stereocenters. The summed E-state index contributed by atoms with van der Waals surface area (Å²) in [7, 11) is 0. The van der Waals surface area contributed by atoms with Crippen LogP contribution in [-0.2, 0) is 4.79 Å². The maximum Gasteiger partial charge on any atom is 0.303 e. The lowest BCUT2D eigenvalue weighted by molar-refractivity contribution is -0.137. The predicted molar refractivity (Wildman–Crippen MR) is 106 cm³/mol. The molecule has 0 radical (unpaired) electrons. The lowest BCUT2D eigenvalue weighted by Crippen LogP contribution is -2.40. The Bertz CT molecular complexity index is 697. The van der Waals surface area contributed by atoms with Crippen LogP contribution in [0.2, 0.25) is 0 Å². The molecular formula is C24H34O2. The average Bonchev–Trinajstić information content (AvgIpc) is 2.96. The minimum Gasteiger partial charge on any atom is -0.481 e. The van der Waals surface area contributed by atoms with Crippen molar-refractivity contribution >= 4 is 5.97 Å². The summed E-state index contributed by atoms with van der Waals surface area (Å²) in [5, 5.41) is 9.07. The molecule has 4 aliphatic carbocycles. The van der Waals surface area contributed by atoms with Crippen LogP contribution in [0.4, 0.5) is 0 Å². The molecule has 4 aliphatic rings. The zero-order valence-electron chi connectivity index (χ0n) is 16.7. The minimum absolute atomic E-state index is 0.288. The quantitative estimate of drug-likeness (QED) is 0.602. The first-order chi connectivity index (χ1) is 12.4. The van der Waals surface area contributed by atoms with Gasteiger partial charge in [0.25, 0.3) is 0 Å². The lowest BCUT2D eigenvalue weighted by Gasteiger charge is -2.50. The molecule has 0 aliphatic heterocycles. The summed E-state index contributed by atoms with van der Waals surface area (Å²) in [4.78, 5) is 11.0. The summed E-state index contributed by atoms with van der Waals surface area (Å²) in [6.45, 7) is 7.27. The Morgan fingerprint density at radius 2 is 2.08 bits per heavy atom. The Morgan fingerprint density at radius 3 is 2.85 bits per heavy atom. The Hall–Kier alpha value is -1.31. The largest absolute Gasteiger partial charge is 0.481 e. The van der Waals surface area contributed by atoms with E-state index in [2.05, 4.69) is 39.0 Å². The van der Waals surface area contributed by atoms with Crippen LogP contribution in [0.1, 0.15) is 78.6 Å². The van der Waals surface area contributed by atoms with Gasteiger partial charge in [-0.1, -0.05) is 44.6 Å². The summed E-state index contributed by atoms with van der Waals surface area (Å²) in [6.07, 6.45) is 17.5. The molecule has 0 bridgehead atoms. The van der Waals surface area contributed by atoms with Crippen LogP contribution < -0.4 is 0 Å². The zero-order valence-corrected chi connectivity index (χ0v) is 16.7. The molecule has 2 nitrogen and oxygen atoms in total. The van der Waals surface area contributed by atoms with E-state index in [-0.39, 0.29) is 5.41 Å². The van der Waals surface area contributed by atoms with E-state index in [9.17, 15) is 4.79 Å². The molecule has 0 heterocycles. The summed E-state index contributed by atoms with van der Waals surface area (Å²) < 4.78 is 0. The molecule has 142 valence electrons. The number of carboxylic acid groups (broad SMARTS) is 1. The maximum atomic E-state index is 11.0. The van der Waals surface area contributed by atoms with Crippen molar-refractivity contribution in [3.8, 4) is 0 Å². The molecular weight excluding hydrogens is 320 g/mol. The normalized spacial score (nSPS) is 39.7. The Kier molecular flexibility index (Phi) is 4.44. The van der Waals surface area contributed by atoms with E-state index in [1.165, 1.54) is 38.5 Å². The number of hydrogen-bond donors (Lipinski definition) is 1. The number of hydrogen-bond acceptors (Lipinski definition) is 1. The topological polar surface area (TPSA) is 37.3 Å². The van der Waals surface area contributed by atoms with E-state index < -0.39 is 5.97 Å². The van der Waals surface area contributed by atoms with Gasteiger partial charge in [-0.2, -0.15) is 0 Å². The van der Waals surface area contributed by atoms with Crippen molar-refractivity contribution < 1.29 is 9.90 Å². The molecule has 1 saturated carbocycles. The van der Waals surface area contributed by atoms with E-state index in [0.29, 0.717) is 29.6 Å². The van der Waals surface area contributed by atoms with Gasteiger partial charge in [0, 0.05) is 11.8 Å². The summed E-state index contributed by atoms with van der Waals surface area (Å²) in [5.74, 6) is 1.18. The standard InChI is InChI=1S/C24H34O2/c1-16(7-12-22(25)26)19-10-11-20-18-9-8-17-6-4-5-14-23(17,2)21(18)13-15-24(19,20)3/h6,9,13,16,19-20H,4-5,7-8,10-12,14-15H2,1-3H3,(H,25,26)/t16-,19-,20+,23+,24-/m1/s1. The second-order valence-electron chi connectivity index (χ2n) is 9.79. The summed E-state index contributed by atoms with van der Waals surface area (Å²) in [6, 6.07) is 0. The van der Waals surface area contributed by atoms with Gasteiger partial charge >= 0.3 is 5.97 Å². The summed E-state index contributed by atoms with van der Waals surface area (Å²) >= 11 is 0.